The van der Waals surface area contributed by atoms with Crippen molar-refractivity contribution >= 4 is 86.7 Å². The van der Waals surface area contributed by atoms with Crippen LogP contribution in [0.5, 0.6) is 0 Å². The molecule has 2 aliphatic rings. The second-order valence-corrected chi connectivity index (χ2v) is 20.6. The van der Waals surface area contributed by atoms with Gasteiger partial charge in [0.1, 0.15) is 11.4 Å². The maximum absolute atomic E-state index is 13.3. The van der Waals surface area contributed by atoms with E-state index in [1.54, 1.807) is 12.4 Å². The molecule has 52 heavy (non-hydrogen) atoms. The number of allylic oxidation sites excluding steroid dienone is 10. The van der Waals surface area contributed by atoms with Gasteiger partial charge >= 0.3 is 0 Å². The predicted molar refractivity (Wildman–Crippen MR) is 228 cm³/mol. The number of carbonyl (C=O) groups is 2. The molecule has 4 rings (SSSR count). The highest BCUT2D eigenvalue weighted by molar-refractivity contribution is 9.11. The first-order valence-corrected chi connectivity index (χ1v) is 20.1. The lowest BCUT2D eigenvalue weighted by atomic mass is 9.72. The molecule has 0 bridgehead atoms. The number of rotatable bonds is 5. The van der Waals surface area contributed by atoms with Crippen LogP contribution in [0.2, 0.25) is 0 Å². The van der Waals surface area contributed by atoms with E-state index in [-0.39, 0.29) is 33.2 Å². The van der Waals surface area contributed by atoms with Crippen LogP contribution in [0.15, 0.2) is 133 Å². The van der Waals surface area contributed by atoms with Gasteiger partial charge in [0.05, 0.1) is 12.4 Å². The number of Topliss-reactive ketones (excluding diaryl/α,β-unsaturated/α-hetero) is 2. The monoisotopic (exact) mass is 954 g/mol. The van der Waals surface area contributed by atoms with Crippen molar-refractivity contribution in [2.45, 2.75) is 83.1 Å². The van der Waals surface area contributed by atoms with Gasteiger partial charge < -0.3 is 0 Å². The topological polar surface area (TPSA) is 83.6 Å². The molecule has 274 valence electrons. The molecule has 0 atom stereocenters. The minimum Gasteiger partial charge on any atom is -0.289 e. The molecule has 2 aromatic rings. The Kier molecular flexibility index (Phi) is 12.6. The van der Waals surface area contributed by atoms with Crippen LogP contribution in [0.4, 0.5) is 11.4 Å². The molecule has 0 amide bonds. The molecule has 0 aliphatic heterocycles. The van der Waals surface area contributed by atoms with Crippen molar-refractivity contribution in [1.29, 1.82) is 0 Å². The van der Waals surface area contributed by atoms with Crippen molar-refractivity contribution in [3.8, 4) is 11.1 Å². The SMILES string of the molecule is CC(C)(C)C1=CC(=CN=Nc2cc(Br)c(-c3cc(Br)c(N=NC=C4C=C(C(C)(C)C)C(=O)C(C(C)(C)C)=C4)cc3Br)cc2Br)C=C(C(C)(C)C)C1=O. The van der Waals surface area contributed by atoms with E-state index in [0.717, 1.165) is 62.5 Å². The smallest absolute Gasteiger partial charge is 0.186 e. The van der Waals surface area contributed by atoms with Gasteiger partial charge in [-0.05, 0) is 124 Å². The van der Waals surface area contributed by atoms with Crippen molar-refractivity contribution < 1.29 is 9.59 Å². The number of ketones is 2. The van der Waals surface area contributed by atoms with Crippen molar-refractivity contribution in [2.75, 3.05) is 0 Å². The lowest BCUT2D eigenvalue weighted by Crippen LogP contribution is -2.27. The van der Waals surface area contributed by atoms with Crippen molar-refractivity contribution in [3.63, 3.8) is 0 Å². The summed E-state index contributed by atoms with van der Waals surface area (Å²) in [6.45, 7) is 24.6. The van der Waals surface area contributed by atoms with Gasteiger partial charge in [-0.2, -0.15) is 10.2 Å². The lowest BCUT2D eigenvalue weighted by Gasteiger charge is -2.31. The molecule has 0 radical (unpaired) electrons. The molecule has 10 heteroatoms. The number of azo groups is 2. The third kappa shape index (κ3) is 9.90. The molecule has 6 nitrogen and oxygen atoms in total. The molecular weight excluding hydrogens is 912 g/mol. The summed E-state index contributed by atoms with van der Waals surface area (Å²) in [5, 5.41) is 17.8. The van der Waals surface area contributed by atoms with Crippen LogP contribution in [0.1, 0.15) is 83.1 Å². The molecule has 0 unspecified atom stereocenters. The van der Waals surface area contributed by atoms with Gasteiger partial charge in [0.2, 0.25) is 0 Å². The summed E-state index contributed by atoms with van der Waals surface area (Å²) >= 11 is 14.9. The van der Waals surface area contributed by atoms with E-state index in [2.05, 4.69) is 84.2 Å². The molecule has 0 heterocycles. The van der Waals surface area contributed by atoms with Crippen LogP contribution in [0.25, 0.3) is 11.1 Å². The minimum absolute atomic E-state index is 0.0834. The number of nitrogens with zero attached hydrogens (tertiary/aromatic N) is 4. The van der Waals surface area contributed by atoms with E-state index in [1.807, 2.05) is 132 Å². The van der Waals surface area contributed by atoms with E-state index in [4.69, 9.17) is 0 Å². The van der Waals surface area contributed by atoms with Gasteiger partial charge in [-0.15, -0.1) is 10.2 Å². The standard InChI is InChI=1S/C42H46Br4N4O2/c1-39(2,3)27-13-23(14-28(37(27)51)40(4,5)6)21-47-49-35-19-31(43)25(17-33(35)45)26-18-34(46)36(20-32(26)44)50-48-22-24-15-29(41(7,8)9)38(52)30(16-24)42(10,11)12/h13-22H,1-12H3. The summed E-state index contributed by atoms with van der Waals surface area (Å²) in [5.74, 6) is 0.167. The van der Waals surface area contributed by atoms with Crippen LogP contribution in [-0.2, 0) is 9.59 Å². The van der Waals surface area contributed by atoms with Crippen molar-refractivity contribution in [1.82, 2.24) is 0 Å². The van der Waals surface area contributed by atoms with Crippen LogP contribution in [0, 0.1) is 21.7 Å². The Balaban J connectivity index is 1.63. The predicted octanol–water partition coefficient (Wildman–Crippen LogP) is 15.4. The van der Waals surface area contributed by atoms with Gasteiger partial charge in [-0.3, -0.25) is 9.59 Å². The lowest BCUT2D eigenvalue weighted by molar-refractivity contribution is -0.114. The Morgan fingerprint density at radius 1 is 0.442 bits per heavy atom. The first kappa shape index (κ1) is 42.1. The van der Waals surface area contributed by atoms with Gasteiger partial charge in [-0.25, -0.2) is 0 Å². The Hall–Kier alpha value is -2.66. The van der Waals surface area contributed by atoms with Gasteiger partial charge in [0, 0.05) is 40.2 Å². The zero-order valence-corrected chi connectivity index (χ0v) is 38.2. The molecule has 0 fully saturated rings. The second-order valence-electron chi connectivity index (χ2n) is 17.1. The highest BCUT2D eigenvalue weighted by atomic mass is 79.9. The second kappa shape index (κ2) is 15.6. The highest BCUT2D eigenvalue weighted by Gasteiger charge is 2.35. The van der Waals surface area contributed by atoms with Crippen LogP contribution in [0.3, 0.4) is 0 Å². The Bertz CT molecular complexity index is 1860. The van der Waals surface area contributed by atoms with Gasteiger partial charge in [0.15, 0.2) is 11.6 Å². The van der Waals surface area contributed by atoms with E-state index >= 15 is 0 Å². The molecule has 0 N–H and O–H groups in total. The average Bonchev–Trinajstić information content (AvgIpc) is 2.99. The number of halogens is 4. The first-order valence-electron chi connectivity index (χ1n) is 17.0. The third-order valence-corrected chi connectivity index (χ3v) is 11.1. The van der Waals surface area contributed by atoms with Crippen molar-refractivity contribution in [3.05, 3.63) is 112 Å². The summed E-state index contributed by atoms with van der Waals surface area (Å²) in [7, 11) is 0. The fraction of sp³-hybridized carbons (Fsp3) is 0.381. The molecule has 2 aliphatic carbocycles. The van der Waals surface area contributed by atoms with Crippen LogP contribution >= 0.6 is 63.7 Å². The summed E-state index contributed by atoms with van der Waals surface area (Å²) < 4.78 is 3.18. The van der Waals surface area contributed by atoms with Crippen LogP contribution in [-0.4, -0.2) is 11.6 Å². The molecule has 2 aromatic carbocycles. The Morgan fingerprint density at radius 3 is 0.962 bits per heavy atom. The normalized spacial score (nSPS) is 16.4. The molecule has 0 spiro atoms. The minimum atomic E-state index is -0.302. The van der Waals surface area contributed by atoms with Crippen molar-refractivity contribution in [2.24, 2.45) is 42.1 Å². The Labute approximate surface area is 342 Å². The fourth-order valence-corrected chi connectivity index (χ4v) is 7.57. The summed E-state index contributed by atoms with van der Waals surface area (Å²) in [4.78, 5) is 26.6. The largest absolute Gasteiger partial charge is 0.289 e. The number of benzene rings is 2. The third-order valence-electron chi connectivity index (χ3n) is 8.56. The number of hydrogen-bond acceptors (Lipinski definition) is 6. The zero-order chi connectivity index (χ0) is 39.1. The van der Waals surface area contributed by atoms with E-state index in [1.165, 1.54) is 0 Å². The summed E-state index contributed by atoms with van der Waals surface area (Å²) in [5.41, 5.74) is 6.64. The number of carbonyl (C=O) groups excluding carboxylic acids is 2. The van der Waals surface area contributed by atoms with Gasteiger partial charge in [0.25, 0.3) is 0 Å². The van der Waals surface area contributed by atoms with E-state index < -0.39 is 0 Å². The maximum atomic E-state index is 13.3. The average molecular weight is 958 g/mol. The molecule has 0 saturated carbocycles. The Morgan fingerprint density at radius 2 is 0.712 bits per heavy atom. The quantitative estimate of drug-likeness (QED) is 0.280. The van der Waals surface area contributed by atoms with E-state index in [0.29, 0.717) is 11.4 Å². The van der Waals surface area contributed by atoms with Gasteiger partial charge in [-0.1, -0.05) is 115 Å². The summed E-state index contributed by atoms with van der Waals surface area (Å²) in [6, 6.07) is 7.79. The highest BCUT2D eigenvalue weighted by Crippen LogP contribution is 2.44. The first-order chi connectivity index (χ1) is 23.8. The fourth-order valence-electron chi connectivity index (χ4n) is 5.63. The molecule has 0 saturated heterocycles. The maximum Gasteiger partial charge on any atom is 0.186 e. The molecule has 0 aromatic heterocycles. The molecular formula is C42H46Br4N4O2. The number of hydrogen-bond donors (Lipinski definition) is 0. The van der Waals surface area contributed by atoms with E-state index in [9.17, 15) is 9.59 Å². The zero-order valence-electron chi connectivity index (χ0n) is 31.9. The summed E-state index contributed by atoms with van der Waals surface area (Å²) in [6.07, 6.45) is 11.1. The van der Waals surface area contributed by atoms with Crippen LogP contribution < -0.4 is 0 Å².